The number of nitrogens with one attached hydrogen (secondary N) is 1. The Morgan fingerprint density at radius 3 is 2.93 bits per heavy atom. The standard InChI is InChI=1S/C21H24ClN3O3/c1-28-19-8-7-17(12-18(19)22)24-20(26)9-6-15-4-3-11-25(14-15)21(27)16-5-2-10-23-13-16/h2,5,7-8,10,12-13,15H,3-4,6,9,11,14H2,1H3,(H,24,26)/t15-/m0/s1. The summed E-state index contributed by atoms with van der Waals surface area (Å²) in [6, 6.07) is 8.71. The second kappa shape index (κ2) is 9.55. The number of nitrogens with zero attached hydrogens (tertiary/aromatic N) is 2. The van der Waals surface area contributed by atoms with Gasteiger partial charge in [-0.1, -0.05) is 11.6 Å². The van der Waals surface area contributed by atoms with Crippen molar-refractivity contribution in [2.24, 2.45) is 5.92 Å². The Kier molecular flexibility index (Phi) is 6.87. The van der Waals surface area contributed by atoms with Gasteiger partial charge in [0.2, 0.25) is 5.91 Å². The van der Waals surface area contributed by atoms with Gasteiger partial charge in [-0.3, -0.25) is 14.6 Å². The molecule has 7 heteroatoms. The maximum absolute atomic E-state index is 12.6. The van der Waals surface area contributed by atoms with Gasteiger partial charge < -0.3 is 15.0 Å². The van der Waals surface area contributed by atoms with Crippen molar-refractivity contribution in [1.82, 2.24) is 9.88 Å². The molecule has 0 aliphatic carbocycles. The van der Waals surface area contributed by atoms with Crippen LogP contribution in [0.1, 0.15) is 36.0 Å². The SMILES string of the molecule is COc1ccc(NC(=O)CC[C@@H]2CCCN(C(=O)c3cccnc3)C2)cc1Cl. The third-order valence-electron chi connectivity index (χ3n) is 4.93. The molecule has 28 heavy (non-hydrogen) atoms. The van der Waals surface area contributed by atoms with Crippen LogP contribution in [0.2, 0.25) is 5.02 Å². The summed E-state index contributed by atoms with van der Waals surface area (Å²) in [7, 11) is 1.55. The van der Waals surface area contributed by atoms with E-state index >= 15 is 0 Å². The number of carbonyl (C=O) groups excluding carboxylic acids is 2. The number of carbonyl (C=O) groups is 2. The Morgan fingerprint density at radius 2 is 2.21 bits per heavy atom. The van der Waals surface area contributed by atoms with Gasteiger partial charge in [-0.25, -0.2) is 0 Å². The van der Waals surface area contributed by atoms with E-state index in [4.69, 9.17) is 16.3 Å². The Balaban J connectivity index is 1.49. The minimum Gasteiger partial charge on any atom is -0.495 e. The summed E-state index contributed by atoms with van der Waals surface area (Å²) in [5.74, 6) is 0.840. The van der Waals surface area contributed by atoms with Crippen molar-refractivity contribution in [3.63, 3.8) is 0 Å². The molecule has 0 bridgehead atoms. The lowest BCUT2D eigenvalue weighted by atomic mass is 9.93. The van der Waals surface area contributed by atoms with Gasteiger partial charge in [0, 0.05) is 37.6 Å². The molecule has 6 nitrogen and oxygen atoms in total. The molecule has 1 saturated heterocycles. The van der Waals surface area contributed by atoms with E-state index < -0.39 is 0 Å². The second-order valence-corrected chi connectivity index (χ2v) is 7.34. The number of ether oxygens (including phenoxy) is 1. The summed E-state index contributed by atoms with van der Waals surface area (Å²) < 4.78 is 5.11. The lowest BCUT2D eigenvalue weighted by Gasteiger charge is -2.32. The molecular formula is C21H24ClN3O3. The summed E-state index contributed by atoms with van der Waals surface area (Å²) in [6.07, 6.45) is 6.38. The normalized spacial score (nSPS) is 16.5. The van der Waals surface area contributed by atoms with Crippen molar-refractivity contribution in [1.29, 1.82) is 0 Å². The van der Waals surface area contributed by atoms with Crippen LogP contribution in [0.3, 0.4) is 0 Å². The Morgan fingerprint density at radius 1 is 1.36 bits per heavy atom. The van der Waals surface area contributed by atoms with Crippen LogP contribution in [0, 0.1) is 5.92 Å². The molecule has 0 unspecified atom stereocenters. The molecule has 2 heterocycles. The molecule has 1 fully saturated rings. The average molecular weight is 402 g/mol. The summed E-state index contributed by atoms with van der Waals surface area (Å²) in [4.78, 5) is 30.8. The smallest absolute Gasteiger partial charge is 0.255 e. The van der Waals surface area contributed by atoms with Crippen LogP contribution in [-0.2, 0) is 4.79 Å². The molecule has 0 saturated carbocycles. The van der Waals surface area contributed by atoms with Gasteiger partial charge in [0.25, 0.3) is 5.91 Å². The quantitative estimate of drug-likeness (QED) is 0.793. The molecule has 1 N–H and O–H groups in total. The van der Waals surface area contributed by atoms with Gasteiger partial charge in [0.15, 0.2) is 0 Å². The minimum atomic E-state index is -0.0584. The van der Waals surface area contributed by atoms with Crippen LogP contribution in [0.25, 0.3) is 0 Å². The summed E-state index contributed by atoms with van der Waals surface area (Å²) >= 11 is 6.09. The van der Waals surface area contributed by atoms with Crippen LogP contribution >= 0.6 is 11.6 Å². The number of piperidine rings is 1. The van der Waals surface area contributed by atoms with Gasteiger partial charge in [-0.05, 0) is 55.5 Å². The monoisotopic (exact) mass is 401 g/mol. The number of anilines is 1. The fourth-order valence-corrected chi connectivity index (χ4v) is 3.72. The van der Waals surface area contributed by atoms with E-state index in [2.05, 4.69) is 10.3 Å². The largest absolute Gasteiger partial charge is 0.495 e. The van der Waals surface area contributed by atoms with Gasteiger partial charge in [0.05, 0.1) is 17.7 Å². The van der Waals surface area contributed by atoms with Gasteiger partial charge >= 0.3 is 0 Å². The number of amides is 2. The first kappa shape index (κ1) is 20.1. The zero-order valence-electron chi connectivity index (χ0n) is 15.9. The zero-order valence-corrected chi connectivity index (χ0v) is 16.6. The molecule has 1 aromatic carbocycles. The lowest BCUT2D eigenvalue weighted by Crippen LogP contribution is -2.40. The molecule has 2 aromatic rings. The Hall–Kier alpha value is -2.60. The van der Waals surface area contributed by atoms with Crippen LogP contribution in [-0.4, -0.2) is 41.9 Å². The van der Waals surface area contributed by atoms with Gasteiger partial charge in [0.1, 0.15) is 5.75 Å². The van der Waals surface area contributed by atoms with Crippen molar-refractivity contribution >= 4 is 29.1 Å². The van der Waals surface area contributed by atoms with Gasteiger partial charge in [-0.2, -0.15) is 0 Å². The minimum absolute atomic E-state index is 0.00938. The fourth-order valence-electron chi connectivity index (χ4n) is 3.46. The van der Waals surface area contributed by atoms with E-state index in [1.165, 1.54) is 0 Å². The Bertz CT molecular complexity index is 829. The molecule has 148 valence electrons. The maximum Gasteiger partial charge on any atom is 0.255 e. The van der Waals surface area contributed by atoms with Crippen molar-refractivity contribution in [2.45, 2.75) is 25.7 Å². The molecule has 2 amide bonds. The van der Waals surface area contributed by atoms with E-state index in [1.54, 1.807) is 49.8 Å². The summed E-state index contributed by atoms with van der Waals surface area (Å²) in [6.45, 7) is 1.43. The molecule has 3 rings (SSSR count). The maximum atomic E-state index is 12.6. The molecule has 1 atom stereocenters. The predicted molar refractivity (Wildman–Crippen MR) is 109 cm³/mol. The summed E-state index contributed by atoms with van der Waals surface area (Å²) in [5.41, 5.74) is 1.25. The number of hydrogen-bond donors (Lipinski definition) is 1. The van der Waals surface area contributed by atoms with Crippen molar-refractivity contribution in [3.05, 3.63) is 53.3 Å². The first-order valence-electron chi connectivity index (χ1n) is 9.39. The average Bonchev–Trinajstić information content (AvgIpc) is 2.73. The van der Waals surface area contributed by atoms with Crippen LogP contribution in [0.4, 0.5) is 5.69 Å². The fraction of sp³-hybridized carbons (Fsp3) is 0.381. The number of likely N-dealkylation sites (tertiary alicyclic amines) is 1. The topological polar surface area (TPSA) is 71.5 Å². The second-order valence-electron chi connectivity index (χ2n) is 6.94. The van der Waals surface area contributed by atoms with Crippen LogP contribution in [0.5, 0.6) is 5.75 Å². The molecule has 1 aliphatic rings. The highest BCUT2D eigenvalue weighted by atomic mass is 35.5. The van der Waals surface area contributed by atoms with Crippen LogP contribution < -0.4 is 10.1 Å². The van der Waals surface area contributed by atoms with E-state index in [0.29, 0.717) is 40.9 Å². The number of pyridine rings is 1. The number of methoxy groups -OCH3 is 1. The molecule has 0 spiro atoms. The number of halogens is 1. The highest BCUT2D eigenvalue weighted by Gasteiger charge is 2.25. The van der Waals surface area contributed by atoms with E-state index in [-0.39, 0.29) is 11.8 Å². The highest BCUT2D eigenvalue weighted by Crippen LogP contribution is 2.27. The van der Waals surface area contributed by atoms with E-state index in [0.717, 1.165) is 25.8 Å². The number of rotatable bonds is 6. The highest BCUT2D eigenvalue weighted by molar-refractivity contribution is 6.32. The van der Waals surface area contributed by atoms with Crippen molar-refractivity contribution in [2.75, 3.05) is 25.5 Å². The number of hydrogen-bond acceptors (Lipinski definition) is 4. The third kappa shape index (κ3) is 5.23. The summed E-state index contributed by atoms with van der Waals surface area (Å²) in [5, 5.41) is 3.32. The number of aromatic nitrogens is 1. The number of benzene rings is 1. The lowest BCUT2D eigenvalue weighted by molar-refractivity contribution is -0.116. The Labute approximate surface area is 169 Å². The van der Waals surface area contributed by atoms with E-state index in [1.807, 2.05) is 4.90 Å². The van der Waals surface area contributed by atoms with Crippen molar-refractivity contribution in [3.8, 4) is 5.75 Å². The first-order chi connectivity index (χ1) is 13.6. The van der Waals surface area contributed by atoms with Crippen molar-refractivity contribution < 1.29 is 14.3 Å². The van der Waals surface area contributed by atoms with E-state index in [9.17, 15) is 9.59 Å². The molecule has 1 aliphatic heterocycles. The first-order valence-corrected chi connectivity index (χ1v) is 9.77. The molecular weight excluding hydrogens is 378 g/mol. The molecule has 0 radical (unpaired) electrons. The zero-order chi connectivity index (χ0) is 19.9. The van der Waals surface area contributed by atoms with Crippen LogP contribution in [0.15, 0.2) is 42.7 Å². The molecule has 1 aromatic heterocycles. The van der Waals surface area contributed by atoms with Gasteiger partial charge in [-0.15, -0.1) is 0 Å². The third-order valence-corrected chi connectivity index (χ3v) is 5.23. The predicted octanol–water partition coefficient (Wildman–Crippen LogP) is 4.01.